The van der Waals surface area contributed by atoms with Crippen molar-refractivity contribution in [3.63, 3.8) is 0 Å². The lowest BCUT2D eigenvalue weighted by Gasteiger charge is -2.13. The van der Waals surface area contributed by atoms with Gasteiger partial charge in [0.05, 0.1) is 18.3 Å². The van der Waals surface area contributed by atoms with Gasteiger partial charge in [-0.3, -0.25) is 4.79 Å². The third kappa shape index (κ3) is 10.1. The number of nitrogens with one attached hydrogen (secondary N) is 1. The number of allylic oxidation sites excluding steroid dienone is 1. The zero-order valence-electron chi connectivity index (χ0n) is 22.4. The summed E-state index contributed by atoms with van der Waals surface area (Å²) in [5.41, 5.74) is 1.32. The van der Waals surface area contributed by atoms with Gasteiger partial charge in [0.15, 0.2) is 23.0 Å². The summed E-state index contributed by atoms with van der Waals surface area (Å²) in [6.45, 7) is 21.8. The van der Waals surface area contributed by atoms with Crippen LogP contribution in [0.4, 0.5) is 5.82 Å². The van der Waals surface area contributed by atoms with Gasteiger partial charge >= 0.3 is 5.97 Å². The molecule has 0 saturated carbocycles. The highest BCUT2D eigenvalue weighted by molar-refractivity contribution is 5.92. The van der Waals surface area contributed by atoms with Crippen LogP contribution in [0.3, 0.4) is 0 Å². The van der Waals surface area contributed by atoms with Gasteiger partial charge in [0.2, 0.25) is 6.79 Å². The van der Waals surface area contributed by atoms with Crippen LogP contribution in [0.5, 0.6) is 11.5 Å². The van der Waals surface area contributed by atoms with E-state index >= 15 is 0 Å². The van der Waals surface area contributed by atoms with Crippen molar-refractivity contribution in [3.8, 4) is 11.5 Å². The second-order valence-corrected chi connectivity index (χ2v) is 7.68. The topological polar surface area (TPSA) is 91.8 Å². The highest BCUT2D eigenvalue weighted by Gasteiger charge is 2.19. The van der Waals surface area contributed by atoms with Crippen molar-refractivity contribution in [2.75, 3.05) is 19.2 Å². The van der Waals surface area contributed by atoms with E-state index < -0.39 is 5.97 Å². The smallest absolute Gasteiger partial charge is 0.308 e. The highest BCUT2D eigenvalue weighted by atomic mass is 16.7. The molecule has 0 bridgehead atoms. The van der Waals surface area contributed by atoms with Crippen LogP contribution < -0.4 is 14.8 Å². The Morgan fingerprint density at radius 1 is 1.12 bits per heavy atom. The van der Waals surface area contributed by atoms with Crippen molar-refractivity contribution in [2.45, 2.75) is 68.7 Å². The number of anilines is 1. The molecule has 8 heteroatoms. The van der Waals surface area contributed by atoms with E-state index in [0.29, 0.717) is 39.7 Å². The van der Waals surface area contributed by atoms with Crippen LogP contribution in [0.1, 0.15) is 68.7 Å². The van der Waals surface area contributed by atoms with E-state index in [4.69, 9.17) is 18.9 Å². The summed E-state index contributed by atoms with van der Waals surface area (Å²) in [6.07, 6.45) is 2.67. The Bertz CT molecular complexity index is 952. The van der Waals surface area contributed by atoms with Crippen LogP contribution >= 0.6 is 0 Å². The van der Waals surface area contributed by atoms with Gasteiger partial charge in [0.1, 0.15) is 12.1 Å². The summed E-state index contributed by atoms with van der Waals surface area (Å²) < 4.78 is 21.0. The van der Waals surface area contributed by atoms with E-state index in [1.165, 1.54) is 26.8 Å². The van der Waals surface area contributed by atoms with Gasteiger partial charge in [0.25, 0.3) is 0 Å². The molecule has 2 aromatic rings. The monoisotopic (exact) mass is 475 g/mol. The molecule has 0 aliphatic carbocycles. The zero-order chi connectivity index (χ0) is 26.3. The van der Waals surface area contributed by atoms with Gasteiger partial charge in [-0.1, -0.05) is 61.5 Å². The van der Waals surface area contributed by atoms with Gasteiger partial charge in [-0.05, 0) is 18.9 Å². The van der Waals surface area contributed by atoms with Gasteiger partial charge in [-0.15, -0.1) is 0 Å². The first-order valence-corrected chi connectivity index (χ1v) is 11.6. The molecule has 34 heavy (non-hydrogen) atoms. The molecule has 3 rings (SSSR count). The maximum atomic E-state index is 11.3. The first-order chi connectivity index (χ1) is 16.1. The minimum Gasteiger partial charge on any atom is -0.493 e. The van der Waals surface area contributed by atoms with E-state index in [0.717, 1.165) is 5.92 Å². The number of hydrogen-bond acceptors (Lipinski definition) is 8. The minimum atomic E-state index is -0.449. The minimum absolute atomic E-state index is 0.130. The number of hydrogen-bond donors (Lipinski definition) is 1. The van der Waals surface area contributed by atoms with E-state index in [1.807, 2.05) is 20.8 Å². The molecule has 1 fully saturated rings. The molecular weight excluding hydrogens is 434 g/mol. The van der Waals surface area contributed by atoms with E-state index in [1.54, 1.807) is 12.1 Å². The molecule has 0 radical (unpaired) electrons. The SMILES string of the molecule is C=C1OCO/C1=C(/C)Nc1ncnc2cc(OC)c(OC(C)=O)cc12.CC.CC(C)C.CCC. The van der Waals surface area contributed by atoms with Crippen LogP contribution in [0.25, 0.3) is 10.9 Å². The van der Waals surface area contributed by atoms with Crippen molar-refractivity contribution in [2.24, 2.45) is 5.92 Å². The lowest BCUT2D eigenvalue weighted by Crippen LogP contribution is -2.06. The molecular formula is C26H41N3O5. The highest BCUT2D eigenvalue weighted by Crippen LogP contribution is 2.34. The number of rotatable bonds is 4. The molecule has 0 unspecified atom stereocenters. The number of ether oxygens (including phenoxy) is 4. The van der Waals surface area contributed by atoms with Crippen molar-refractivity contribution in [1.29, 1.82) is 0 Å². The van der Waals surface area contributed by atoms with E-state index in [9.17, 15) is 4.79 Å². The Labute approximate surface area is 204 Å². The molecule has 0 amide bonds. The number of benzene rings is 1. The number of esters is 1. The number of nitrogens with zero attached hydrogens (tertiary/aromatic N) is 2. The average Bonchev–Trinajstić information content (AvgIpc) is 3.21. The molecule has 0 atom stereocenters. The standard InChI is InChI=1S/C17H17N3O5.C4H10.C3H8.C2H6/c1-9(16-10(2)23-8-24-16)20-17-12-5-15(25-11(3)21)14(22-4)6-13(12)18-7-19-17;1-4(2)3;1-3-2;1-2/h5-7H,2,8H2,1,3-4H3,(H,18,19,20);4H,1-3H3;3H2,1-2H3;1-2H3/b16-9-;;;. The van der Waals surface area contributed by atoms with Gasteiger partial charge in [-0.25, -0.2) is 9.97 Å². The fraction of sp³-hybridized carbons (Fsp3) is 0.500. The lowest BCUT2D eigenvalue weighted by atomic mass is 10.2. The third-order valence-electron chi connectivity index (χ3n) is 3.51. The van der Waals surface area contributed by atoms with Crippen LogP contribution in [0.2, 0.25) is 0 Å². The molecule has 1 aromatic heterocycles. The van der Waals surface area contributed by atoms with E-state index in [2.05, 4.69) is 56.5 Å². The largest absolute Gasteiger partial charge is 0.493 e. The summed E-state index contributed by atoms with van der Waals surface area (Å²) in [6, 6.07) is 3.33. The van der Waals surface area contributed by atoms with Crippen molar-refractivity contribution < 1.29 is 23.7 Å². The van der Waals surface area contributed by atoms with Crippen LogP contribution in [-0.2, 0) is 14.3 Å². The van der Waals surface area contributed by atoms with Crippen molar-refractivity contribution in [1.82, 2.24) is 9.97 Å². The summed E-state index contributed by atoms with van der Waals surface area (Å²) in [4.78, 5) is 19.8. The Morgan fingerprint density at radius 2 is 1.71 bits per heavy atom. The summed E-state index contributed by atoms with van der Waals surface area (Å²) in [7, 11) is 1.49. The van der Waals surface area contributed by atoms with Crippen LogP contribution in [0.15, 0.2) is 42.3 Å². The Hall–Kier alpha value is -3.29. The summed E-state index contributed by atoms with van der Waals surface area (Å²) >= 11 is 0. The second-order valence-electron chi connectivity index (χ2n) is 7.68. The Kier molecular flexibility index (Phi) is 14.8. The molecule has 1 N–H and O–H groups in total. The summed E-state index contributed by atoms with van der Waals surface area (Å²) in [5.74, 6) is 2.58. The number of methoxy groups -OCH3 is 1. The number of carbonyl (C=O) groups is 1. The van der Waals surface area contributed by atoms with Crippen LogP contribution in [0, 0.1) is 5.92 Å². The second kappa shape index (κ2) is 16.3. The number of fused-ring (bicyclic) bond motifs is 1. The van der Waals surface area contributed by atoms with Gasteiger partial charge < -0.3 is 24.3 Å². The lowest BCUT2D eigenvalue weighted by molar-refractivity contribution is -0.132. The van der Waals surface area contributed by atoms with Gasteiger partial charge in [-0.2, -0.15) is 0 Å². The maximum absolute atomic E-state index is 11.3. The predicted octanol–water partition coefficient (Wildman–Crippen LogP) is 6.83. The maximum Gasteiger partial charge on any atom is 0.308 e. The number of aromatic nitrogens is 2. The molecule has 190 valence electrons. The molecule has 1 aromatic carbocycles. The molecule has 2 heterocycles. The average molecular weight is 476 g/mol. The predicted molar refractivity (Wildman–Crippen MR) is 138 cm³/mol. The normalized spacial score (nSPS) is 13.1. The molecule has 1 aliphatic heterocycles. The Morgan fingerprint density at radius 3 is 2.18 bits per heavy atom. The van der Waals surface area contributed by atoms with Gasteiger partial charge in [0, 0.05) is 18.4 Å². The first-order valence-electron chi connectivity index (χ1n) is 11.6. The number of carbonyl (C=O) groups excluding carboxylic acids is 1. The first kappa shape index (κ1) is 30.7. The summed E-state index contributed by atoms with van der Waals surface area (Å²) in [5, 5.41) is 3.81. The third-order valence-corrected chi connectivity index (χ3v) is 3.51. The fourth-order valence-electron chi connectivity index (χ4n) is 2.42. The van der Waals surface area contributed by atoms with Crippen LogP contribution in [-0.4, -0.2) is 29.8 Å². The molecule has 0 spiro atoms. The molecule has 1 aliphatic rings. The van der Waals surface area contributed by atoms with E-state index in [-0.39, 0.29) is 12.5 Å². The quantitative estimate of drug-likeness (QED) is 0.380. The van der Waals surface area contributed by atoms with Crippen molar-refractivity contribution in [3.05, 3.63) is 42.3 Å². The Balaban J connectivity index is 0.00000105. The fourth-order valence-corrected chi connectivity index (χ4v) is 2.42. The molecule has 8 nitrogen and oxygen atoms in total. The molecule has 1 saturated heterocycles. The van der Waals surface area contributed by atoms with Crippen molar-refractivity contribution >= 4 is 22.7 Å². The zero-order valence-corrected chi connectivity index (χ0v) is 22.4.